The molecule has 0 aromatic heterocycles. The molecule has 0 radical (unpaired) electrons. The van der Waals surface area contributed by atoms with Crippen molar-refractivity contribution in [1.29, 1.82) is 0 Å². The Kier molecular flexibility index (Phi) is 5.61. The van der Waals surface area contributed by atoms with Gasteiger partial charge in [-0.15, -0.1) is 0 Å². The molecule has 1 N–H and O–H groups in total. The second-order valence-corrected chi connectivity index (χ2v) is 6.40. The summed E-state index contributed by atoms with van der Waals surface area (Å²) in [6.07, 6.45) is 0.246. The lowest BCUT2D eigenvalue weighted by Gasteiger charge is -2.20. The number of non-ortho nitro benzene ring substituents is 1. The van der Waals surface area contributed by atoms with Crippen molar-refractivity contribution in [3.8, 4) is 0 Å². The van der Waals surface area contributed by atoms with E-state index in [2.05, 4.69) is 5.32 Å². The van der Waals surface area contributed by atoms with Crippen molar-refractivity contribution in [2.24, 2.45) is 0 Å². The Labute approximate surface area is 157 Å². The van der Waals surface area contributed by atoms with Gasteiger partial charge in [-0.1, -0.05) is 48.0 Å². The maximum absolute atomic E-state index is 12.7. The van der Waals surface area contributed by atoms with E-state index in [1.807, 2.05) is 61.5 Å². The van der Waals surface area contributed by atoms with Gasteiger partial charge in [0, 0.05) is 29.8 Å². The molecule has 3 aromatic carbocycles. The van der Waals surface area contributed by atoms with E-state index >= 15 is 0 Å². The van der Waals surface area contributed by atoms with E-state index < -0.39 is 4.92 Å². The van der Waals surface area contributed by atoms with Crippen molar-refractivity contribution in [2.45, 2.75) is 19.4 Å². The fraction of sp³-hybridized carbons (Fsp3) is 0.136. The van der Waals surface area contributed by atoms with Gasteiger partial charge >= 0.3 is 0 Å². The van der Waals surface area contributed by atoms with E-state index in [9.17, 15) is 14.9 Å². The number of nitro benzene ring substituents is 1. The van der Waals surface area contributed by atoms with E-state index in [0.29, 0.717) is 5.56 Å². The maximum atomic E-state index is 12.7. The minimum atomic E-state index is -0.472. The summed E-state index contributed by atoms with van der Waals surface area (Å²) in [7, 11) is 0. The van der Waals surface area contributed by atoms with Crippen LogP contribution in [-0.4, -0.2) is 10.7 Å². The molecule has 3 rings (SSSR count). The Bertz CT molecular complexity index is 920. The summed E-state index contributed by atoms with van der Waals surface area (Å²) in [6, 6.07) is 23.3. The number of carbonyl (C=O) groups is 1. The highest BCUT2D eigenvalue weighted by molar-refractivity contribution is 5.96. The highest BCUT2D eigenvalue weighted by Crippen LogP contribution is 2.25. The van der Waals surface area contributed by atoms with Crippen LogP contribution in [0.4, 0.5) is 11.4 Å². The summed E-state index contributed by atoms with van der Waals surface area (Å²) in [6.45, 7) is 2.02. The highest BCUT2D eigenvalue weighted by atomic mass is 16.6. The summed E-state index contributed by atoms with van der Waals surface area (Å²) in [5, 5.41) is 14.2. The number of benzene rings is 3. The summed E-state index contributed by atoms with van der Waals surface area (Å²) >= 11 is 0. The SMILES string of the molecule is Cc1ccc(N[C@@H](CC(=O)c2ccc([N+](=O)[O-])cc2)c2ccccc2)cc1. The van der Waals surface area contributed by atoms with Gasteiger partial charge < -0.3 is 5.32 Å². The second kappa shape index (κ2) is 8.27. The average molecular weight is 360 g/mol. The molecule has 0 unspecified atom stereocenters. The zero-order chi connectivity index (χ0) is 19.2. The molecular weight excluding hydrogens is 340 g/mol. The molecular formula is C22H20N2O3. The van der Waals surface area contributed by atoms with Gasteiger partial charge in [-0.2, -0.15) is 0 Å². The largest absolute Gasteiger partial charge is 0.378 e. The third-order valence-electron chi connectivity index (χ3n) is 4.38. The predicted molar refractivity (Wildman–Crippen MR) is 106 cm³/mol. The smallest absolute Gasteiger partial charge is 0.269 e. The summed E-state index contributed by atoms with van der Waals surface area (Å²) < 4.78 is 0. The number of ketones is 1. The molecule has 5 heteroatoms. The molecule has 0 aliphatic rings. The number of carbonyl (C=O) groups excluding carboxylic acids is 1. The van der Waals surface area contributed by atoms with Gasteiger partial charge in [-0.3, -0.25) is 14.9 Å². The van der Waals surface area contributed by atoms with Crippen LogP contribution in [0.5, 0.6) is 0 Å². The third kappa shape index (κ3) is 4.79. The van der Waals surface area contributed by atoms with E-state index in [0.717, 1.165) is 11.3 Å². The lowest BCUT2D eigenvalue weighted by molar-refractivity contribution is -0.384. The fourth-order valence-corrected chi connectivity index (χ4v) is 2.86. The summed E-state index contributed by atoms with van der Waals surface area (Å²) in [5.74, 6) is -0.0710. The van der Waals surface area contributed by atoms with E-state index in [4.69, 9.17) is 0 Å². The Balaban J connectivity index is 1.81. The molecule has 0 fully saturated rings. The van der Waals surface area contributed by atoms with Crippen molar-refractivity contribution in [3.63, 3.8) is 0 Å². The van der Waals surface area contributed by atoms with Crippen LogP contribution in [0.15, 0.2) is 78.9 Å². The fourth-order valence-electron chi connectivity index (χ4n) is 2.86. The van der Waals surface area contributed by atoms with Crippen LogP contribution in [0, 0.1) is 17.0 Å². The van der Waals surface area contributed by atoms with Crippen LogP contribution >= 0.6 is 0 Å². The van der Waals surface area contributed by atoms with E-state index in [-0.39, 0.29) is 23.9 Å². The first-order valence-electron chi connectivity index (χ1n) is 8.69. The van der Waals surface area contributed by atoms with Gasteiger partial charge in [0.2, 0.25) is 0 Å². The quantitative estimate of drug-likeness (QED) is 0.351. The Morgan fingerprint density at radius 1 is 0.963 bits per heavy atom. The van der Waals surface area contributed by atoms with Crippen molar-refractivity contribution in [1.82, 2.24) is 0 Å². The number of aryl methyl sites for hydroxylation is 1. The lowest BCUT2D eigenvalue weighted by atomic mass is 9.97. The number of hydrogen-bond donors (Lipinski definition) is 1. The van der Waals surface area contributed by atoms with Crippen LogP contribution in [0.3, 0.4) is 0 Å². The van der Waals surface area contributed by atoms with Crippen molar-refractivity contribution in [2.75, 3.05) is 5.32 Å². The molecule has 0 heterocycles. The minimum Gasteiger partial charge on any atom is -0.378 e. The number of nitrogens with zero attached hydrogens (tertiary/aromatic N) is 1. The van der Waals surface area contributed by atoms with Gasteiger partial charge in [0.15, 0.2) is 5.78 Å². The summed E-state index contributed by atoms with van der Waals surface area (Å²) in [4.78, 5) is 23.1. The second-order valence-electron chi connectivity index (χ2n) is 6.40. The molecule has 0 amide bonds. The lowest BCUT2D eigenvalue weighted by Crippen LogP contribution is -2.15. The van der Waals surface area contributed by atoms with Gasteiger partial charge in [-0.05, 0) is 36.8 Å². The molecule has 0 saturated heterocycles. The molecule has 136 valence electrons. The first-order chi connectivity index (χ1) is 13.0. The number of nitrogens with one attached hydrogen (secondary N) is 1. The van der Waals surface area contributed by atoms with Gasteiger partial charge in [0.25, 0.3) is 5.69 Å². The van der Waals surface area contributed by atoms with E-state index in [1.165, 1.54) is 29.8 Å². The number of nitro groups is 1. The monoisotopic (exact) mass is 360 g/mol. The minimum absolute atomic E-state index is 0.0241. The zero-order valence-electron chi connectivity index (χ0n) is 15.0. The Morgan fingerprint density at radius 2 is 1.59 bits per heavy atom. The Morgan fingerprint density at radius 3 is 2.19 bits per heavy atom. The van der Waals surface area contributed by atoms with E-state index in [1.54, 1.807) is 0 Å². The van der Waals surface area contributed by atoms with Crippen molar-refractivity contribution < 1.29 is 9.72 Å². The predicted octanol–water partition coefficient (Wildman–Crippen LogP) is 5.33. The van der Waals surface area contributed by atoms with Gasteiger partial charge in [-0.25, -0.2) is 0 Å². The van der Waals surface area contributed by atoms with Crippen molar-refractivity contribution in [3.05, 3.63) is 106 Å². The van der Waals surface area contributed by atoms with Gasteiger partial charge in [0.05, 0.1) is 11.0 Å². The molecule has 5 nitrogen and oxygen atoms in total. The van der Waals surface area contributed by atoms with Crippen LogP contribution in [0.2, 0.25) is 0 Å². The molecule has 0 saturated carbocycles. The third-order valence-corrected chi connectivity index (χ3v) is 4.38. The first kappa shape index (κ1) is 18.3. The summed E-state index contributed by atoms with van der Waals surface area (Å²) in [5.41, 5.74) is 3.55. The van der Waals surface area contributed by atoms with Crippen LogP contribution in [0.1, 0.15) is 33.9 Å². The molecule has 3 aromatic rings. The highest BCUT2D eigenvalue weighted by Gasteiger charge is 2.18. The number of Topliss-reactive ketones (excluding diaryl/α,β-unsaturated/α-hetero) is 1. The van der Waals surface area contributed by atoms with Crippen LogP contribution < -0.4 is 5.32 Å². The normalized spacial score (nSPS) is 11.6. The Hall–Kier alpha value is -3.47. The van der Waals surface area contributed by atoms with Crippen LogP contribution in [0.25, 0.3) is 0 Å². The number of rotatable bonds is 7. The molecule has 0 aliphatic carbocycles. The topological polar surface area (TPSA) is 72.2 Å². The molecule has 27 heavy (non-hydrogen) atoms. The molecule has 0 spiro atoms. The standard InChI is InChI=1S/C22H20N2O3/c1-16-7-11-19(12-8-16)23-21(17-5-3-2-4-6-17)15-22(25)18-9-13-20(14-10-18)24(26)27/h2-14,21,23H,15H2,1H3/t21-/m0/s1. The first-order valence-corrected chi connectivity index (χ1v) is 8.69. The zero-order valence-corrected chi connectivity index (χ0v) is 15.0. The van der Waals surface area contributed by atoms with Crippen molar-refractivity contribution >= 4 is 17.2 Å². The number of hydrogen-bond acceptors (Lipinski definition) is 4. The molecule has 0 bridgehead atoms. The van der Waals surface area contributed by atoms with Crippen LogP contribution in [-0.2, 0) is 0 Å². The number of anilines is 1. The average Bonchev–Trinajstić information content (AvgIpc) is 2.70. The molecule has 1 atom stereocenters. The van der Waals surface area contributed by atoms with Gasteiger partial charge in [0.1, 0.15) is 0 Å². The maximum Gasteiger partial charge on any atom is 0.269 e. The molecule has 0 aliphatic heterocycles.